The first-order valence-electron chi connectivity index (χ1n) is 19.9. The summed E-state index contributed by atoms with van der Waals surface area (Å²) in [6.07, 6.45) is 0. The molecule has 0 fully saturated rings. The Morgan fingerprint density at radius 3 is 1.37 bits per heavy atom. The van der Waals surface area contributed by atoms with Gasteiger partial charge in [-0.15, -0.1) is 0 Å². The van der Waals surface area contributed by atoms with E-state index in [0.29, 0.717) is 17.5 Å². The molecule has 4 nitrogen and oxygen atoms in total. The second-order valence-corrected chi connectivity index (χ2v) is 18.0. The van der Waals surface area contributed by atoms with Gasteiger partial charge in [0.15, 0.2) is 17.5 Å². The molecule has 0 bridgehead atoms. The Morgan fingerprint density at radius 1 is 0.322 bits per heavy atom. The summed E-state index contributed by atoms with van der Waals surface area (Å²) in [5.41, 5.74) is 11.6. The van der Waals surface area contributed by atoms with Gasteiger partial charge in [-0.1, -0.05) is 188 Å². The Hall–Kier alpha value is -7.26. The van der Waals surface area contributed by atoms with Gasteiger partial charge in [-0.05, 0) is 84.9 Å². The SMILES string of the molecule is CP1(=O)c2ccccc2-c2ccc(-c3c4ccccc4c(-c4ccc(-c5nc(-c6ccccc6)nc(-c6cccc(-c7ccccc7)c6)n5)cc4)c4ccccc34)cc21. The van der Waals surface area contributed by atoms with Crippen LogP contribution in [0.25, 0.3) is 100 Å². The molecule has 0 amide bonds. The summed E-state index contributed by atoms with van der Waals surface area (Å²) in [4.78, 5) is 15.1. The maximum atomic E-state index is 14.4. The van der Waals surface area contributed by atoms with Crippen molar-refractivity contribution in [3.63, 3.8) is 0 Å². The molecule has 0 saturated heterocycles. The topological polar surface area (TPSA) is 55.7 Å². The van der Waals surface area contributed by atoms with Gasteiger partial charge in [0.2, 0.25) is 0 Å². The van der Waals surface area contributed by atoms with E-state index in [-0.39, 0.29) is 0 Å². The zero-order chi connectivity index (χ0) is 39.5. The van der Waals surface area contributed by atoms with Crippen molar-refractivity contribution in [3.05, 3.63) is 200 Å². The number of nitrogens with zero attached hydrogens (tertiary/aromatic N) is 3. The van der Waals surface area contributed by atoms with E-state index in [2.05, 4.69) is 146 Å². The highest BCUT2D eigenvalue weighted by atomic mass is 31.2. The number of rotatable bonds is 6. The fourth-order valence-corrected chi connectivity index (χ4v) is 11.2. The Morgan fingerprint density at radius 2 is 0.746 bits per heavy atom. The van der Waals surface area contributed by atoms with Crippen molar-refractivity contribution in [2.75, 3.05) is 6.66 Å². The van der Waals surface area contributed by atoms with Crippen molar-refractivity contribution >= 4 is 39.3 Å². The van der Waals surface area contributed by atoms with Crippen LogP contribution < -0.4 is 10.6 Å². The summed E-state index contributed by atoms with van der Waals surface area (Å²) in [6, 6.07) is 69.5. The highest BCUT2D eigenvalue weighted by Crippen LogP contribution is 2.51. The minimum absolute atomic E-state index is 0.613. The van der Waals surface area contributed by atoms with Gasteiger partial charge in [-0.3, -0.25) is 0 Å². The Balaban J connectivity index is 1.04. The van der Waals surface area contributed by atoms with Crippen molar-refractivity contribution in [2.24, 2.45) is 0 Å². The molecule has 11 rings (SSSR count). The van der Waals surface area contributed by atoms with E-state index in [0.717, 1.165) is 87.8 Å². The van der Waals surface area contributed by atoms with Crippen LogP contribution in [0.5, 0.6) is 0 Å². The first kappa shape index (κ1) is 34.9. The van der Waals surface area contributed by atoms with Crippen LogP contribution in [0.3, 0.4) is 0 Å². The summed E-state index contributed by atoms with van der Waals surface area (Å²) in [7, 11) is -2.75. The van der Waals surface area contributed by atoms with Crippen LogP contribution in [0.1, 0.15) is 0 Å². The first-order chi connectivity index (χ1) is 29.0. The van der Waals surface area contributed by atoms with Crippen LogP contribution >= 0.6 is 7.14 Å². The predicted molar refractivity (Wildman–Crippen MR) is 246 cm³/mol. The number of hydrogen-bond donors (Lipinski definition) is 0. The van der Waals surface area contributed by atoms with Gasteiger partial charge >= 0.3 is 0 Å². The predicted octanol–water partition coefficient (Wildman–Crippen LogP) is 13.1. The molecule has 1 aromatic heterocycles. The molecule has 5 heteroatoms. The zero-order valence-electron chi connectivity index (χ0n) is 32.2. The van der Waals surface area contributed by atoms with Crippen molar-refractivity contribution in [1.29, 1.82) is 0 Å². The number of aromatic nitrogens is 3. The average Bonchev–Trinajstić information content (AvgIpc) is 3.53. The van der Waals surface area contributed by atoms with Crippen molar-refractivity contribution in [2.45, 2.75) is 0 Å². The second-order valence-electron chi connectivity index (χ2n) is 15.2. The zero-order valence-corrected chi connectivity index (χ0v) is 33.1. The Kier molecular flexibility index (Phi) is 8.28. The molecule has 2 heterocycles. The highest BCUT2D eigenvalue weighted by Gasteiger charge is 2.34. The number of hydrogen-bond acceptors (Lipinski definition) is 4. The third-order valence-corrected chi connectivity index (χ3v) is 14.3. The van der Waals surface area contributed by atoms with Crippen molar-refractivity contribution in [1.82, 2.24) is 15.0 Å². The van der Waals surface area contributed by atoms with Crippen LogP contribution in [-0.2, 0) is 4.57 Å². The lowest BCUT2D eigenvalue weighted by atomic mass is 9.85. The lowest BCUT2D eigenvalue weighted by Gasteiger charge is -2.19. The molecule has 0 radical (unpaired) electrons. The molecule has 278 valence electrons. The van der Waals surface area contributed by atoms with E-state index in [4.69, 9.17) is 15.0 Å². The van der Waals surface area contributed by atoms with E-state index >= 15 is 0 Å². The summed E-state index contributed by atoms with van der Waals surface area (Å²) in [6.45, 7) is 1.91. The molecule has 10 aromatic rings. The average molecular weight is 774 g/mol. The maximum Gasteiger partial charge on any atom is 0.164 e. The summed E-state index contributed by atoms with van der Waals surface area (Å²) in [5, 5.41) is 6.50. The van der Waals surface area contributed by atoms with Crippen LogP contribution in [0, 0.1) is 0 Å². The van der Waals surface area contributed by atoms with E-state index < -0.39 is 7.14 Å². The monoisotopic (exact) mass is 773 g/mol. The lowest BCUT2D eigenvalue weighted by molar-refractivity contribution is 0.591. The molecule has 1 aliphatic heterocycles. The lowest BCUT2D eigenvalue weighted by Crippen LogP contribution is -2.08. The molecule has 0 aliphatic carbocycles. The highest BCUT2D eigenvalue weighted by molar-refractivity contribution is 7.79. The van der Waals surface area contributed by atoms with Gasteiger partial charge in [-0.2, -0.15) is 0 Å². The van der Waals surface area contributed by atoms with E-state index in [1.165, 1.54) is 5.56 Å². The fraction of sp³-hybridized carbons (Fsp3) is 0.0185. The van der Waals surface area contributed by atoms with Crippen molar-refractivity contribution < 1.29 is 4.57 Å². The molecule has 59 heavy (non-hydrogen) atoms. The third kappa shape index (κ3) is 5.92. The first-order valence-corrected chi connectivity index (χ1v) is 22.0. The second kappa shape index (κ2) is 14.0. The molecule has 0 N–H and O–H groups in total. The molecule has 0 spiro atoms. The van der Waals surface area contributed by atoms with Crippen molar-refractivity contribution in [3.8, 4) is 78.7 Å². The van der Waals surface area contributed by atoms with Gasteiger partial charge in [0.25, 0.3) is 0 Å². The van der Waals surface area contributed by atoms with Crippen LogP contribution in [0.2, 0.25) is 0 Å². The largest absolute Gasteiger partial charge is 0.314 e. The van der Waals surface area contributed by atoms with Gasteiger partial charge < -0.3 is 4.57 Å². The summed E-state index contributed by atoms with van der Waals surface area (Å²) >= 11 is 0. The fourth-order valence-electron chi connectivity index (χ4n) is 8.83. The van der Waals surface area contributed by atoms with Crippen LogP contribution in [-0.4, -0.2) is 21.6 Å². The maximum absolute atomic E-state index is 14.4. The van der Waals surface area contributed by atoms with E-state index in [1.54, 1.807) is 0 Å². The van der Waals surface area contributed by atoms with Gasteiger partial charge in [0, 0.05) is 27.3 Å². The molecule has 1 atom stereocenters. The summed E-state index contributed by atoms with van der Waals surface area (Å²) < 4.78 is 14.4. The minimum Gasteiger partial charge on any atom is -0.314 e. The Bertz CT molecular complexity index is 3250. The van der Waals surface area contributed by atoms with Gasteiger partial charge in [0.1, 0.15) is 7.14 Å². The summed E-state index contributed by atoms with van der Waals surface area (Å²) in [5.74, 6) is 1.86. The standard InChI is InChI=1S/C54H36N3OP/c1-59(58)48-26-13-12-21-42(48)43-32-31-40(34-49(43)59)51-46-24-10-8-22-44(46)50(45-23-9-11-25-47(45)51)36-27-29-38(30-28-36)53-55-52(37-17-6-3-7-18-37)56-54(57-53)41-20-14-19-39(33-41)35-15-4-2-5-16-35/h2-34H,1H3. The molecular formula is C54H36N3OP. The van der Waals surface area contributed by atoms with Crippen LogP contribution in [0.4, 0.5) is 0 Å². The van der Waals surface area contributed by atoms with E-state index in [9.17, 15) is 4.57 Å². The molecule has 0 saturated carbocycles. The number of fused-ring (bicyclic) bond motifs is 5. The Labute approximate surface area is 343 Å². The third-order valence-electron chi connectivity index (χ3n) is 11.7. The van der Waals surface area contributed by atoms with Crippen LogP contribution in [0.15, 0.2) is 200 Å². The van der Waals surface area contributed by atoms with E-state index in [1.807, 2.05) is 61.3 Å². The molecular weight excluding hydrogens is 738 g/mol. The smallest absolute Gasteiger partial charge is 0.164 e. The molecule has 1 aliphatic rings. The van der Waals surface area contributed by atoms with Gasteiger partial charge in [-0.25, -0.2) is 15.0 Å². The quantitative estimate of drug-likeness (QED) is 0.125. The molecule has 1 unspecified atom stereocenters. The molecule has 9 aromatic carbocycles. The normalized spacial score (nSPS) is 14.3. The number of benzene rings is 9. The van der Waals surface area contributed by atoms with Gasteiger partial charge in [0.05, 0.1) is 0 Å². The minimum atomic E-state index is -2.75.